The van der Waals surface area contributed by atoms with Crippen molar-refractivity contribution >= 4 is 24.8 Å². The third kappa shape index (κ3) is 4.53. The minimum atomic E-state index is -4.97. The van der Waals surface area contributed by atoms with Crippen LogP contribution >= 0.6 is 7.82 Å². The molecule has 1 unspecified atom stereocenters. The summed E-state index contributed by atoms with van der Waals surface area (Å²) in [6.45, 7) is -0.657. The summed E-state index contributed by atoms with van der Waals surface area (Å²) in [5, 5.41) is 20.0. The molecule has 0 bridgehead atoms. The number of hydrogen-bond donors (Lipinski definition) is 4. The van der Waals surface area contributed by atoms with Crippen molar-refractivity contribution in [1.82, 2.24) is 19.5 Å². The molecule has 2 aromatic heterocycles. The van der Waals surface area contributed by atoms with Gasteiger partial charge in [0.15, 0.2) is 17.7 Å². The number of fused-ring (bicyclic) bond motifs is 1. The third-order valence-electron chi connectivity index (χ3n) is 3.40. The topological polar surface area (TPSA) is 220 Å². The third-order valence-corrected chi connectivity index (χ3v) is 3.88. The van der Waals surface area contributed by atoms with Crippen LogP contribution in [0.2, 0.25) is 0 Å². The molecule has 25 heavy (non-hydrogen) atoms. The Morgan fingerprint density at radius 3 is 2.68 bits per heavy atom. The Morgan fingerprint density at radius 2 is 2.04 bits per heavy atom. The van der Waals surface area contributed by atoms with Crippen molar-refractivity contribution in [3.8, 4) is 0 Å². The number of anilines is 1. The van der Waals surface area contributed by atoms with Crippen molar-refractivity contribution in [2.75, 3.05) is 12.3 Å². The van der Waals surface area contributed by atoms with Gasteiger partial charge < -0.3 is 40.5 Å². The zero-order valence-electron chi connectivity index (χ0n) is 13.0. The number of phosphoric acid groups is 1. The SMILES string of the molecule is Nc1ncnc2c1ncn2[C@@H]1O[C@H](COP(=O)([O-])O)[C@@H](O)[C@H]1O.O.[Na+]. The number of aromatic nitrogens is 4. The summed E-state index contributed by atoms with van der Waals surface area (Å²) in [5.41, 5.74) is 6.22. The minimum Gasteiger partial charge on any atom is -0.756 e. The molecule has 0 saturated carbocycles. The predicted molar refractivity (Wildman–Crippen MR) is 75.1 cm³/mol. The first-order valence-corrected chi connectivity index (χ1v) is 7.90. The number of nitrogens with two attached hydrogens (primary N) is 1. The predicted octanol–water partition coefficient (Wildman–Crippen LogP) is -6.32. The average molecular weight is 387 g/mol. The summed E-state index contributed by atoms with van der Waals surface area (Å²) in [4.78, 5) is 31.0. The fourth-order valence-electron chi connectivity index (χ4n) is 2.32. The monoisotopic (exact) mass is 387 g/mol. The number of ether oxygens (including phenoxy) is 1. The Morgan fingerprint density at radius 1 is 1.36 bits per heavy atom. The number of nitrogens with zero attached hydrogens (tertiary/aromatic N) is 4. The molecule has 1 saturated heterocycles. The Kier molecular flexibility index (Phi) is 7.44. The van der Waals surface area contributed by atoms with Crippen molar-refractivity contribution in [1.29, 1.82) is 0 Å². The van der Waals surface area contributed by atoms with Gasteiger partial charge in [0.2, 0.25) is 0 Å². The van der Waals surface area contributed by atoms with Crippen molar-refractivity contribution in [2.24, 2.45) is 0 Å². The summed E-state index contributed by atoms with van der Waals surface area (Å²) in [5.74, 6) is 0.134. The van der Waals surface area contributed by atoms with Crippen LogP contribution in [0, 0.1) is 0 Å². The van der Waals surface area contributed by atoms with E-state index in [2.05, 4.69) is 19.5 Å². The van der Waals surface area contributed by atoms with Crippen molar-refractivity contribution < 1.29 is 68.9 Å². The van der Waals surface area contributed by atoms with Gasteiger partial charge in [0.1, 0.15) is 30.2 Å². The van der Waals surface area contributed by atoms with Crippen LogP contribution in [0.4, 0.5) is 5.82 Å². The van der Waals surface area contributed by atoms with Crippen LogP contribution in [0.3, 0.4) is 0 Å². The van der Waals surface area contributed by atoms with Crippen LogP contribution in [0.25, 0.3) is 11.2 Å². The molecular formula is C10H15N5NaO8P. The fraction of sp³-hybridized carbons (Fsp3) is 0.500. The van der Waals surface area contributed by atoms with Crippen LogP contribution < -0.4 is 40.2 Å². The van der Waals surface area contributed by atoms with Crippen molar-refractivity contribution in [3.63, 3.8) is 0 Å². The van der Waals surface area contributed by atoms with Crippen LogP contribution in [0.5, 0.6) is 0 Å². The Hall–Kier alpha value is -0.700. The molecule has 0 aromatic carbocycles. The Bertz CT molecular complexity index is 771. The summed E-state index contributed by atoms with van der Waals surface area (Å²) >= 11 is 0. The normalized spacial score (nSPS) is 28.2. The molecule has 7 N–H and O–H groups in total. The molecule has 2 aromatic rings. The molecule has 5 atom stereocenters. The van der Waals surface area contributed by atoms with Crippen LogP contribution in [-0.4, -0.2) is 65.0 Å². The van der Waals surface area contributed by atoms with Gasteiger partial charge in [-0.1, -0.05) is 0 Å². The smallest absolute Gasteiger partial charge is 0.756 e. The molecule has 3 rings (SSSR count). The van der Waals surface area contributed by atoms with Crippen molar-refractivity contribution in [2.45, 2.75) is 24.5 Å². The van der Waals surface area contributed by atoms with Crippen LogP contribution in [0.1, 0.15) is 6.23 Å². The molecule has 3 heterocycles. The zero-order chi connectivity index (χ0) is 16.8. The van der Waals surface area contributed by atoms with E-state index in [-0.39, 0.29) is 52.0 Å². The second kappa shape index (κ2) is 8.33. The molecule has 1 aliphatic rings. The van der Waals surface area contributed by atoms with Gasteiger partial charge in [-0.3, -0.25) is 9.13 Å². The molecule has 0 radical (unpaired) electrons. The van der Waals surface area contributed by atoms with Crippen LogP contribution in [-0.2, 0) is 13.8 Å². The fourth-order valence-corrected chi connectivity index (χ4v) is 2.66. The van der Waals surface area contributed by atoms with Crippen LogP contribution in [0.15, 0.2) is 12.7 Å². The minimum absolute atomic E-state index is 0. The summed E-state index contributed by atoms with van der Waals surface area (Å²) in [6.07, 6.45) is -2.62. The Labute approximate surface area is 162 Å². The largest absolute Gasteiger partial charge is 1.00 e. The van der Waals surface area contributed by atoms with Gasteiger partial charge in [-0.05, 0) is 0 Å². The van der Waals surface area contributed by atoms with Crippen molar-refractivity contribution in [3.05, 3.63) is 12.7 Å². The van der Waals surface area contributed by atoms with Gasteiger partial charge >= 0.3 is 29.6 Å². The maximum Gasteiger partial charge on any atom is 1.00 e. The molecule has 15 heteroatoms. The average Bonchev–Trinajstić information content (AvgIpc) is 3.01. The number of rotatable bonds is 4. The number of imidazole rings is 1. The molecule has 1 fully saturated rings. The van der Waals surface area contributed by atoms with E-state index in [0.717, 1.165) is 0 Å². The zero-order valence-corrected chi connectivity index (χ0v) is 15.9. The maximum absolute atomic E-state index is 10.6. The van der Waals surface area contributed by atoms with E-state index >= 15 is 0 Å². The van der Waals surface area contributed by atoms with E-state index in [1.807, 2.05) is 0 Å². The van der Waals surface area contributed by atoms with Gasteiger partial charge in [0.25, 0.3) is 7.82 Å². The summed E-state index contributed by atoms with van der Waals surface area (Å²) < 4.78 is 21.5. The maximum atomic E-state index is 10.6. The van der Waals surface area contributed by atoms with E-state index in [1.54, 1.807) is 0 Å². The Balaban J connectivity index is 0.00000156. The number of aliphatic hydroxyl groups excluding tert-OH is 2. The standard InChI is InChI=1S/C10H14N5O7P.Na.H2O/c11-8-5-9(13-2-12-8)15(3-14-5)10-7(17)6(16)4(22-10)1-21-23(18,19)20;;/h2-4,6-7,10,16-17H,1H2,(H2,11,12,13)(H2,18,19,20);;1H2/q;+1;/p-1/t4-,6-,7-,10-;;/m1../s1. The van der Waals surface area contributed by atoms with E-state index in [1.165, 1.54) is 17.2 Å². The number of phosphoric ester groups is 1. The number of aliphatic hydroxyl groups is 2. The van der Waals surface area contributed by atoms with E-state index < -0.39 is 39.0 Å². The molecule has 1 aliphatic heterocycles. The molecule has 13 nitrogen and oxygen atoms in total. The molecular weight excluding hydrogens is 372 g/mol. The first-order valence-electron chi connectivity index (χ1n) is 6.41. The first kappa shape index (κ1) is 22.3. The van der Waals surface area contributed by atoms with E-state index in [4.69, 9.17) is 15.4 Å². The van der Waals surface area contributed by atoms with Gasteiger partial charge in [0, 0.05) is 0 Å². The first-order chi connectivity index (χ1) is 10.8. The quantitative estimate of drug-likeness (QED) is 0.285. The summed E-state index contributed by atoms with van der Waals surface area (Å²) in [7, 11) is -4.97. The van der Waals surface area contributed by atoms with Gasteiger partial charge in [0.05, 0.1) is 12.9 Å². The van der Waals surface area contributed by atoms with E-state index in [9.17, 15) is 19.7 Å². The van der Waals surface area contributed by atoms with Gasteiger partial charge in [-0.25, -0.2) is 15.0 Å². The summed E-state index contributed by atoms with van der Waals surface area (Å²) in [6, 6.07) is 0. The van der Waals surface area contributed by atoms with Gasteiger partial charge in [-0.2, -0.15) is 0 Å². The van der Waals surface area contributed by atoms with E-state index in [0.29, 0.717) is 0 Å². The molecule has 0 spiro atoms. The van der Waals surface area contributed by atoms with Gasteiger partial charge in [-0.15, -0.1) is 0 Å². The second-order valence-electron chi connectivity index (χ2n) is 4.89. The number of hydrogen-bond acceptors (Lipinski definition) is 10. The molecule has 0 amide bonds. The number of nitrogen functional groups attached to an aromatic ring is 1. The second-order valence-corrected chi connectivity index (χ2v) is 6.09. The molecule has 0 aliphatic carbocycles. The molecule has 134 valence electrons.